The summed E-state index contributed by atoms with van der Waals surface area (Å²) >= 11 is 0. The summed E-state index contributed by atoms with van der Waals surface area (Å²) in [5, 5.41) is 7.64. The van der Waals surface area contributed by atoms with E-state index in [-0.39, 0.29) is 12.0 Å². The molecule has 1 saturated carbocycles. The molecule has 3 N–H and O–H groups in total. The van der Waals surface area contributed by atoms with Crippen LogP contribution in [0, 0.1) is 11.3 Å². The zero-order valence-electron chi connectivity index (χ0n) is 20.9. The molecule has 3 aromatic rings. The van der Waals surface area contributed by atoms with Crippen LogP contribution in [0.25, 0.3) is 11.1 Å². The molecule has 2 atom stereocenters. The summed E-state index contributed by atoms with van der Waals surface area (Å²) in [7, 11) is 0. The molecule has 1 amide bonds. The minimum absolute atomic E-state index is 0.0496. The first kappa shape index (κ1) is 23.5. The van der Waals surface area contributed by atoms with Crippen LogP contribution in [0.3, 0.4) is 0 Å². The Labute approximate surface area is 217 Å². The summed E-state index contributed by atoms with van der Waals surface area (Å²) in [6.07, 6.45) is 7.37. The number of benzene rings is 3. The molecule has 6 nitrogen and oxygen atoms in total. The van der Waals surface area contributed by atoms with Crippen molar-refractivity contribution in [1.29, 1.82) is 5.41 Å². The Morgan fingerprint density at radius 3 is 2.57 bits per heavy atom. The number of aliphatic imine (C=N–C) groups is 1. The Balaban J connectivity index is 1.43. The third-order valence-electron chi connectivity index (χ3n) is 8.08. The van der Waals surface area contributed by atoms with Crippen molar-refractivity contribution in [3.8, 4) is 16.9 Å². The summed E-state index contributed by atoms with van der Waals surface area (Å²) in [4.78, 5) is 21.0. The molecule has 1 fully saturated rings. The second-order valence-electron chi connectivity index (χ2n) is 10.5. The number of amides is 1. The summed E-state index contributed by atoms with van der Waals surface area (Å²) in [5.74, 6) is 1.38. The molecule has 6 rings (SSSR count). The molecule has 37 heavy (non-hydrogen) atoms. The minimum atomic E-state index is -1.12. The molecule has 3 aliphatic rings. The SMILES string of the molecule is N=Cc1cccc(-c2ccc3c(c2)C2(CC(c4ccccc4)O3)N=C(N)N(CC3CCCCC3)C2=O)c1. The zero-order chi connectivity index (χ0) is 25.4. The number of fused-ring (bicyclic) bond motifs is 2. The molecule has 0 saturated heterocycles. The fourth-order valence-corrected chi connectivity index (χ4v) is 6.11. The number of guanidine groups is 1. The van der Waals surface area contributed by atoms with Gasteiger partial charge in [-0.15, -0.1) is 0 Å². The largest absolute Gasteiger partial charge is 0.485 e. The molecule has 1 aliphatic carbocycles. The van der Waals surface area contributed by atoms with Crippen molar-refractivity contribution >= 4 is 18.1 Å². The molecule has 6 heteroatoms. The van der Waals surface area contributed by atoms with Crippen molar-refractivity contribution in [2.45, 2.75) is 50.2 Å². The number of nitrogens with zero attached hydrogens (tertiary/aromatic N) is 2. The minimum Gasteiger partial charge on any atom is -0.485 e. The van der Waals surface area contributed by atoms with Gasteiger partial charge in [0.25, 0.3) is 5.91 Å². The van der Waals surface area contributed by atoms with E-state index in [2.05, 4.69) is 0 Å². The maximum Gasteiger partial charge on any atom is 0.262 e. The van der Waals surface area contributed by atoms with Gasteiger partial charge < -0.3 is 15.9 Å². The van der Waals surface area contributed by atoms with Gasteiger partial charge in [-0.1, -0.05) is 73.9 Å². The zero-order valence-corrected chi connectivity index (χ0v) is 20.9. The molecule has 2 unspecified atom stereocenters. The van der Waals surface area contributed by atoms with Gasteiger partial charge in [0.2, 0.25) is 0 Å². The lowest BCUT2D eigenvalue weighted by atomic mass is 9.79. The summed E-state index contributed by atoms with van der Waals surface area (Å²) in [5.41, 5.74) is 9.92. The van der Waals surface area contributed by atoms with Crippen LogP contribution < -0.4 is 10.5 Å². The summed E-state index contributed by atoms with van der Waals surface area (Å²) in [6, 6.07) is 23.8. The Bertz CT molecular complexity index is 1360. The molecule has 2 aliphatic heterocycles. The third-order valence-corrected chi connectivity index (χ3v) is 8.08. The van der Waals surface area contributed by atoms with E-state index >= 15 is 0 Å². The van der Waals surface area contributed by atoms with Gasteiger partial charge in [-0.3, -0.25) is 9.69 Å². The van der Waals surface area contributed by atoms with Gasteiger partial charge in [0.15, 0.2) is 11.5 Å². The molecule has 1 spiro atoms. The van der Waals surface area contributed by atoms with Gasteiger partial charge in [-0.2, -0.15) is 0 Å². The standard InChI is InChI=1S/C31H32N4O2/c32-19-22-10-7-13-24(16-22)25-14-15-27-26(17-25)31(18-28(37-27)23-11-5-2-6-12-23)29(36)35(30(33)34-31)20-21-8-3-1-4-9-21/h2,5-7,10-17,19,21,28,32H,1,3-4,8-9,18,20H2,(H2,33,34). The number of hydrogen-bond donors (Lipinski definition) is 2. The predicted molar refractivity (Wildman–Crippen MR) is 146 cm³/mol. The number of carbonyl (C=O) groups is 1. The van der Waals surface area contributed by atoms with Crippen molar-refractivity contribution in [1.82, 2.24) is 4.90 Å². The first-order chi connectivity index (χ1) is 18.1. The van der Waals surface area contributed by atoms with E-state index < -0.39 is 5.54 Å². The molecule has 0 radical (unpaired) electrons. The van der Waals surface area contributed by atoms with Gasteiger partial charge in [-0.05, 0) is 59.2 Å². The van der Waals surface area contributed by atoms with Crippen LogP contribution in [0.15, 0.2) is 77.8 Å². The smallest absolute Gasteiger partial charge is 0.262 e. The highest BCUT2D eigenvalue weighted by Gasteiger charge is 2.54. The van der Waals surface area contributed by atoms with Crippen LogP contribution in [0.4, 0.5) is 0 Å². The molecule has 2 heterocycles. The van der Waals surface area contributed by atoms with E-state index in [9.17, 15) is 4.79 Å². The van der Waals surface area contributed by atoms with Gasteiger partial charge >= 0.3 is 0 Å². The molecule has 0 aromatic heterocycles. The average Bonchev–Trinajstić information content (AvgIpc) is 3.18. The second-order valence-corrected chi connectivity index (χ2v) is 10.5. The fourth-order valence-electron chi connectivity index (χ4n) is 6.11. The lowest BCUT2D eigenvalue weighted by molar-refractivity contribution is -0.133. The number of rotatable bonds is 5. The molecule has 188 valence electrons. The lowest BCUT2D eigenvalue weighted by Gasteiger charge is -2.37. The van der Waals surface area contributed by atoms with Crippen molar-refractivity contribution in [2.24, 2.45) is 16.6 Å². The van der Waals surface area contributed by atoms with Gasteiger partial charge in [0.1, 0.15) is 11.9 Å². The van der Waals surface area contributed by atoms with Crippen molar-refractivity contribution in [2.75, 3.05) is 6.54 Å². The third kappa shape index (κ3) is 4.20. The Kier molecular flexibility index (Phi) is 6.03. The predicted octanol–water partition coefficient (Wildman–Crippen LogP) is 5.81. The Morgan fingerprint density at radius 2 is 1.78 bits per heavy atom. The van der Waals surface area contributed by atoms with Crippen LogP contribution >= 0.6 is 0 Å². The van der Waals surface area contributed by atoms with Gasteiger partial charge in [0, 0.05) is 24.7 Å². The van der Waals surface area contributed by atoms with E-state index in [4.69, 9.17) is 20.9 Å². The molecular formula is C31H32N4O2. The van der Waals surface area contributed by atoms with Crippen LogP contribution in [-0.4, -0.2) is 29.5 Å². The van der Waals surface area contributed by atoms with Crippen LogP contribution in [-0.2, 0) is 10.3 Å². The van der Waals surface area contributed by atoms with Crippen molar-refractivity contribution in [3.05, 3.63) is 89.5 Å². The number of nitrogens with two attached hydrogens (primary N) is 1. The van der Waals surface area contributed by atoms with E-state index in [1.807, 2.05) is 72.8 Å². The topological polar surface area (TPSA) is 91.8 Å². The van der Waals surface area contributed by atoms with Crippen LogP contribution in [0.2, 0.25) is 0 Å². The fraction of sp³-hybridized carbons (Fsp3) is 0.323. The molecule has 0 bridgehead atoms. The summed E-state index contributed by atoms with van der Waals surface area (Å²) < 4.78 is 6.49. The molecule has 3 aromatic carbocycles. The number of hydrogen-bond acceptors (Lipinski definition) is 5. The van der Waals surface area contributed by atoms with Gasteiger partial charge in [0.05, 0.1) is 0 Å². The first-order valence-electron chi connectivity index (χ1n) is 13.2. The van der Waals surface area contributed by atoms with Crippen molar-refractivity contribution < 1.29 is 9.53 Å². The number of ether oxygens (including phenoxy) is 1. The van der Waals surface area contributed by atoms with Gasteiger partial charge in [-0.25, -0.2) is 4.99 Å². The lowest BCUT2D eigenvalue weighted by Crippen LogP contribution is -2.47. The van der Waals surface area contributed by atoms with Crippen molar-refractivity contribution in [3.63, 3.8) is 0 Å². The van der Waals surface area contributed by atoms with Crippen LogP contribution in [0.1, 0.15) is 61.3 Å². The highest BCUT2D eigenvalue weighted by Crippen LogP contribution is 2.51. The second kappa shape index (κ2) is 9.51. The molecular weight excluding hydrogens is 460 g/mol. The monoisotopic (exact) mass is 492 g/mol. The van der Waals surface area contributed by atoms with E-state index in [0.29, 0.717) is 30.6 Å². The summed E-state index contributed by atoms with van der Waals surface area (Å²) in [6.45, 7) is 0.628. The van der Waals surface area contributed by atoms with E-state index in [1.165, 1.54) is 25.5 Å². The quantitative estimate of drug-likeness (QED) is 0.441. The van der Waals surface area contributed by atoms with Crippen LogP contribution in [0.5, 0.6) is 5.75 Å². The number of nitrogens with one attached hydrogen (secondary N) is 1. The average molecular weight is 493 g/mol. The van der Waals surface area contributed by atoms with E-state index in [0.717, 1.165) is 40.7 Å². The number of carbonyl (C=O) groups excluding carboxylic acids is 1. The normalized spacial score (nSPS) is 23.5. The Hall–Kier alpha value is -3.93. The Morgan fingerprint density at radius 1 is 1.00 bits per heavy atom. The maximum absolute atomic E-state index is 14.3. The highest BCUT2D eigenvalue weighted by molar-refractivity contribution is 6.07. The van der Waals surface area contributed by atoms with E-state index in [1.54, 1.807) is 4.90 Å². The first-order valence-corrected chi connectivity index (χ1v) is 13.2. The maximum atomic E-state index is 14.3. The highest BCUT2D eigenvalue weighted by atomic mass is 16.5.